The van der Waals surface area contributed by atoms with Crippen molar-refractivity contribution in [1.29, 1.82) is 0 Å². The first-order valence-electron chi connectivity index (χ1n) is 5.04. The summed E-state index contributed by atoms with van der Waals surface area (Å²) in [6.45, 7) is 3.88. The minimum Gasteiger partial charge on any atom is -0.387 e. The molecular formula is C12H14FNO. The van der Waals surface area contributed by atoms with Crippen molar-refractivity contribution in [3.8, 4) is 0 Å². The third kappa shape index (κ3) is 1.88. The van der Waals surface area contributed by atoms with E-state index in [1.165, 1.54) is 12.1 Å². The molecule has 15 heavy (non-hydrogen) atoms. The molecule has 80 valence electrons. The van der Waals surface area contributed by atoms with Crippen molar-refractivity contribution in [2.75, 3.05) is 0 Å². The van der Waals surface area contributed by atoms with Gasteiger partial charge < -0.3 is 10.1 Å². The number of rotatable bonds is 2. The summed E-state index contributed by atoms with van der Waals surface area (Å²) in [4.78, 5) is 3.09. The minimum absolute atomic E-state index is 0.142. The van der Waals surface area contributed by atoms with Crippen molar-refractivity contribution in [2.24, 2.45) is 5.92 Å². The molecular weight excluding hydrogens is 193 g/mol. The molecule has 1 atom stereocenters. The summed E-state index contributed by atoms with van der Waals surface area (Å²) in [5.41, 5.74) is 1.59. The molecule has 0 radical (unpaired) electrons. The molecule has 1 aromatic carbocycles. The average Bonchev–Trinajstić information content (AvgIpc) is 2.58. The van der Waals surface area contributed by atoms with E-state index >= 15 is 0 Å². The summed E-state index contributed by atoms with van der Waals surface area (Å²) in [5, 5.41) is 10.6. The number of hydrogen-bond donors (Lipinski definition) is 2. The van der Waals surface area contributed by atoms with Gasteiger partial charge >= 0.3 is 0 Å². The third-order valence-corrected chi connectivity index (χ3v) is 2.55. The van der Waals surface area contributed by atoms with Crippen molar-refractivity contribution in [3.63, 3.8) is 0 Å². The summed E-state index contributed by atoms with van der Waals surface area (Å²) in [5.74, 6) is -0.116. The van der Waals surface area contributed by atoms with Gasteiger partial charge in [0.05, 0.1) is 6.10 Å². The summed E-state index contributed by atoms with van der Waals surface area (Å²) in [7, 11) is 0. The van der Waals surface area contributed by atoms with E-state index in [0.29, 0.717) is 0 Å². The molecule has 1 aromatic heterocycles. The molecule has 2 aromatic rings. The smallest absolute Gasteiger partial charge is 0.123 e. The Morgan fingerprint density at radius 1 is 1.27 bits per heavy atom. The Balaban J connectivity index is 2.47. The molecule has 0 fully saturated rings. The second-order valence-corrected chi connectivity index (χ2v) is 4.15. The molecule has 1 unspecified atom stereocenters. The van der Waals surface area contributed by atoms with Crippen molar-refractivity contribution in [2.45, 2.75) is 20.0 Å². The highest BCUT2D eigenvalue weighted by Gasteiger charge is 2.14. The van der Waals surface area contributed by atoms with E-state index in [1.54, 1.807) is 12.1 Å². The van der Waals surface area contributed by atoms with Crippen molar-refractivity contribution >= 4 is 10.9 Å². The van der Waals surface area contributed by atoms with E-state index in [1.807, 2.05) is 13.8 Å². The van der Waals surface area contributed by atoms with Crippen LogP contribution in [0.2, 0.25) is 0 Å². The van der Waals surface area contributed by atoms with Gasteiger partial charge in [-0.2, -0.15) is 0 Å². The second kappa shape index (κ2) is 3.66. The van der Waals surface area contributed by atoms with Crippen molar-refractivity contribution in [1.82, 2.24) is 4.98 Å². The molecule has 0 amide bonds. The number of aromatic nitrogens is 1. The predicted octanol–water partition coefficient (Wildman–Crippen LogP) is 3.00. The number of aromatic amines is 1. The summed E-state index contributed by atoms with van der Waals surface area (Å²) in [6.07, 6.45) is -0.527. The summed E-state index contributed by atoms with van der Waals surface area (Å²) >= 11 is 0. The van der Waals surface area contributed by atoms with Crippen LogP contribution in [0.15, 0.2) is 24.3 Å². The number of benzene rings is 1. The summed E-state index contributed by atoms with van der Waals surface area (Å²) in [6, 6.07) is 6.34. The van der Waals surface area contributed by atoms with Gasteiger partial charge in [-0.3, -0.25) is 0 Å². The molecule has 0 saturated carbocycles. The van der Waals surface area contributed by atoms with Crippen LogP contribution in [0.3, 0.4) is 0 Å². The van der Waals surface area contributed by atoms with Crippen LogP contribution < -0.4 is 0 Å². The van der Waals surface area contributed by atoms with Gasteiger partial charge in [-0.15, -0.1) is 0 Å². The Morgan fingerprint density at radius 2 is 2.00 bits per heavy atom. The van der Waals surface area contributed by atoms with Crippen LogP contribution in [-0.2, 0) is 0 Å². The monoisotopic (exact) mass is 207 g/mol. The van der Waals surface area contributed by atoms with Crippen molar-refractivity contribution < 1.29 is 9.50 Å². The minimum atomic E-state index is -0.527. The number of fused-ring (bicyclic) bond motifs is 1. The zero-order valence-corrected chi connectivity index (χ0v) is 8.79. The molecule has 2 rings (SSSR count). The molecule has 0 aliphatic rings. The average molecular weight is 207 g/mol. The topological polar surface area (TPSA) is 36.0 Å². The lowest BCUT2D eigenvalue weighted by Gasteiger charge is -2.11. The lowest BCUT2D eigenvalue weighted by atomic mass is 10.0. The quantitative estimate of drug-likeness (QED) is 0.780. The Hall–Kier alpha value is -1.35. The zero-order chi connectivity index (χ0) is 11.0. The van der Waals surface area contributed by atoms with Crippen LogP contribution in [0, 0.1) is 11.7 Å². The molecule has 2 nitrogen and oxygen atoms in total. The van der Waals surface area contributed by atoms with Crippen LogP contribution in [0.5, 0.6) is 0 Å². The van der Waals surface area contributed by atoms with Gasteiger partial charge in [0.25, 0.3) is 0 Å². The molecule has 0 aliphatic heterocycles. The fourth-order valence-electron chi connectivity index (χ4n) is 1.64. The van der Waals surface area contributed by atoms with Crippen LogP contribution in [0.4, 0.5) is 4.39 Å². The van der Waals surface area contributed by atoms with Gasteiger partial charge in [0, 0.05) is 16.6 Å². The van der Waals surface area contributed by atoms with Crippen LogP contribution in [0.1, 0.15) is 25.6 Å². The molecule has 2 N–H and O–H groups in total. The van der Waals surface area contributed by atoms with Gasteiger partial charge in [0.15, 0.2) is 0 Å². The standard InChI is InChI=1S/C12H14FNO/c1-7(2)12(15)11-6-8-5-9(13)3-4-10(8)14-11/h3-7,12,14-15H,1-2H3. The molecule has 0 saturated heterocycles. The largest absolute Gasteiger partial charge is 0.387 e. The van der Waals surface area contributed by atoms with E-state index in [4.69, 9.17) is 0 Å². The second-order valence-electron chi connectivity index (χ2n) is 4.15. The first kappa shape index (κ1) is 10.2. The highest BCUT2D eigenvalue weighted by molar-refractivity contribution is 5.80. The first-order chi connectivity index (χ1) is 7.08. The maximum absolute atomic E-state index is 12.9. The Morgan fingerprint density at radius 3 is 2.67 bits per heavy atom. The van der Waals surface area contributed by atoms with E-state index in [-0.39, 0.29) is 11.7 Å². The number of aliphatic hydroxyl groups is 1. The SMILES string of the molecule is CC(C)C(O)c1cc2cc(F)ccc2[nH]1. The van der Waals surface area contributed by atoms with Gasteiger partial charge in [-0.1, -0.05) is 13.8 Å². The maximum Gasteiger partial charge on any atom is 0.123 e. The zero-order valence-electron chi connectivity index (χ0n) is 8.79. The Bertz CT molecular complexity index is 475. The number of H-pyrrole nitrogens is 1. The number of aliphatic hydroxyl groups excluding tert-OH is 1. The Labute approximate surface area is 87.7 Å². The van der Waals surface area contributed by atoms with Gasteiger partial charge in [-0.25, -0.2) is 4.39 Å². The summed E-state index contributed by atoms with van der Waals surface area (Å²) < 4.78 is 12.9. The van der Waals surface area contributed by atoms with E-state index in [9.17, 15) is 9.50 Å². The highest BCUT2D eigenvalue weighted by atomic mass is 19.1. The highest BCUT2D eigenvalue weighted by Crippen LogP contribution is 2.25. The van der Waals surface area contributed by atoms with Crippen LogP contribution in [0.25, 0.3) is 10.9 Å². The fourth-order valence-corrected chi connectivity index (χ4v) is 1.64. The van der Waals surface area contributed by atoms with Crippen LogP contribution in [-0.4, -0.2) is 10.1 Å². The lowest BCUT2D eigenvalue weighted by Crippen LogP contribution is -2.05. The van der Waals surface area contributed by atoms with Crippen LogP contribution >= 0.6 is 0 Å². The van der Waals surface area contributed by atoms with E-state index < -0.39 is 6.10 Å². The van der Waals surface area contributed by atoms with Crippen molar-refractivity contribution in [3.05, 3.63) is 35.8 Å². The fraction of sp³-hybridized carbons (Fsp3) is 0.333. The predicted molar refractivity (Wildman–Crippen MR) is 58.1 cm³/mol. The van der Waals surface area contributed by atoms with Gasteiger partial charge in [0.2, 0.25) is 0 Å². The molecule has 0 bridgehead atoms. The van der Waals surface area contributed by atoms with Gasteiger partial charge in [-0.05, 0) is 30.2 Å². The molecule has 0 aliphatic carbocycles. The normalized spacial score (nSPS) is 13.7. The lowest BCUT2D eigenvalue weighted by molar-refractivity contribution is 0.123. The van der Waals surface area contributed by atoms with Gasteiger partial charge in [0.1, 0.15) is 5.82 Å². The molecule has 0 spiro atoms. The number of nitrogens with one attached hydrogen (secondary N) is 1. The van der Waals surface area contributed by atoms with E-state index in [0.717, 1.165) is 16.6 Å². The number of hydrogen-bond acceptors (Lipinski definition) is 1. The third-order valence-electron chi connectivity index (χ3n) is 2.55. The maximum atomic E-state index is 12.9. The molecule has 1 heterocycles. The van der Waals surface area contributed by atoms with E-state index in [2.05, 4.69) is 4.98 Å². The first-order valence-corrected chi connectivity index (χ1v) is 5.04. The molecule has 3 heteroatoms. The number of halogens is 1. The Kier molecular flexibility index (Phi) is 2.49.